The summed E-state index contributed by atoms with van der Waals surface area (Å²) in [6.07, 6.45) is 10.2. The zero-order valence-corrected chi connectivity index (χ0v) is 18.4. The summed E-state index contributed by atoms with van der Waals surface area (Å²) >= 11 is 1.73. The van der Waals surface area contributed by atoms with Crippen LogP contribution in [0.4, 0.5) is 20.8 Å². The molecular weight excluding hydrogens is 415 g/mol. The lowest BCUT2D eigenvalue weighted by Crippen LogP contribution is -2.36. The first-order chi connectivity index (χ1) is 15.0. The molecule has 8 heteroatoms. The molecule has 1 aromatic carbocycles. The van der Waals surface area contributed by atoms with Crippen LogP contribution in [-0.4, -0.2) is 33.0 Å². The summed E-state index contributed by atoms with van der Waals surface area (Å²) in [5, 5.41) is 6.55. The second-order valence-electron chi connectivity index (χ2n) is 9.15. The minimum atomic E-state index is -0.315. The molecule has 1 amide bonds. The van der Waals surface area contributed by atoms with Gasteiger partial charge >= 0.3 is 6.09 Å². The van der Waals surface area contributed by atoms with E-state index in [0.717, 1.165) is 42.6 Å². The molecule has 2 aromatic rings. The minimum absolute atomic E-state index is 0.0678. The van der Waals surface area contributed by atoms with E-state index in [-0.39, 0.29) is 29.5 Å². The number of thioether (sulfide) groups is 1. The number of ether oxygens (including phenoxy) is 1. The molecule has 31 heavy (non-hydrogen) atoms. The number of rotatable bonds is 7. The normalized spacial score (nSPS) is 23.9. The van der Waals surface area contributed by atoms with Gasteiger partial charge in [-0.2, -0.15) is 0 Å². The third-order valence-electron chi connectivity index (χ3n) is 6.22. The maximum absolute atomic E-state index is 14.4. The average molecular weight is 443 g/mol. The quantitative estimate of drug-likeness (QED) is 0.587. The molecule has 0 spiro atoms. The number of hydrogen-bond acceptors (Lipinski definition) is 6. The van der Waals surface area contributed by atoms with Crippen molar-refractivity contribution in [2.24, 2.45) is 0 Å². The number of nitrogens with one attached hydrogen (secondary N) is 2. The van der Waals surface area contributed by atoms with Crippen LogP contribution in [0.1, 0.15) is 63.4 Å². The van der Waals surface area contributed by atoms with E-state index in [2.05, 4.69) is 20.6 Å². The number of carbonyl (C=O) groups excluding carboxylic acids is 1. The molecule has 3 fully saturated rings. The van der Waals surface area contributed by atoms with Gasteiger partial charge in [0.15, 0.2) is 0 Å². The van der Waals surface area contributed by atoms with Crippen LogP contribution in [0.5, 0.6) is 0 Å². The summed E-state index contributed by atoms with van der Waals surface area (Å²) in [7, 11) is 0. The van der Waals surface area contributed by atoms with Gasteiger partial charge in [0.1, 0.15) is 11.9 Å². The Morgan fingerprint density at radius 1 is 1.19 bits per heavy atom. The Kier molecular flexibility index (Phi) is 5.50. The highest BCUT2D eigenvalue weighted by molar-refractivity contribution is 8.00. The molecule has 0 saturated heterocycles. The van der Waals surface area contributed by atoms with Gasteiger partial charge in [-0.15, -0.1) is 11.8 Å². The van der Waals surface area contributed by atoms with E-state index < -0.39 is 0 Å². The number of carbonyl (C=O) groups is 1. The fourth-order valence-corrected chi connectivity index (χ4v) is 4.95. The van der Waals surface area contributed by atoms with Crippen molar-refractivity contribution in [1.82, 2.24) is 15.3 Å². The van der Waals surface area contributed by atoms with E-state index in [4.69, 9.17) is 4.74 Å². The number of alkyl carbamates (subject to hydrolysis) is 1. The van der Waals surface area contributed by atoms with E-state index in [1.165, 1.54) is 12.8 Å². The van der Waals surface area contributed by atoms with E-state index in [1.54, 1.807) is 36.3 Å². The maximum atomic E-state index is 14.4. The molecule has 1 heterocycles. The summed E-state index contributed by atoms with van der Waals surface area (Å²) < 4.78 is 20.0. The van der Waals surface area contributed by atoms with Gasteiger partial charge in [-0.3, -0.25) is 0 Å². The highest BCUT2D eigenvalue weighted by atomic mass is 32.2. The Bertz CT molecular complexity index is 963. The monoisotopic (exact) mass is 442 g/mol. The van der Waals surface area contributed by atoms with Crippen LogP contribution in [0.2, 0.25) is 0 Å². The molecule has 0 bridgehead atoms. The van der Waals surface area contributed by atoms with Crippen molar-refractivity contribution in [2.75, 3.05) is 5.32 Å². The number of anilines is 2. The smallest absolute Gasteiger partial charge is 0.407 e. The van der Waals surface area contributed by atoms with Crippen LogP contribution >= 0.6 is 11.8 Å². The molecule has 3 saturated carbocycles. The Balaban J connectivity index is 1.14. The van der Waals surface area contributed by atoms with Gasteiger partial charge in [-0.05, 0) is 81.5 Å². The fourth-order valence-electron chi connectivity index (χ4n) is 3.87. The zero-order chi connectivity index (χ0) is 21.4. The highest BCUT2D eigenvalue weighted by Crippen LogP contribution is 2.40. The molecule has 2 unspecified atom stereocenters. The lowest BCUT2D eigenvalue weighted by Gasteiger charge is -2.16. The van der Waals surface area contributed by atoms with Gasteiger partial charge in [0.05, 0.1) is 5.69 Å². The third kappa shape index (κ3) is 5.29. The first kappa shape index (κ1) is 20.5. The first-order valence-electron chi connectivity index (χ1n) is 11.0. The van der Waals surface area contributed by atoms with Gasteiger partial charge in [-0.25, -0.2) is 19.2 Å². The van der Waals surface area contributed by atoms with Crippen molar-refractivity contribution in [1.29, 1.82) is 0 Å². The molecule has 1 aromatic heterocycles. The second kappa shape index (κ2) is 8.30. The SMILES string of the molecule is CC1(NC(=O)OC2CCC(c3cnc(Nc4ccc(SC5CC5)cc4F)nc3)C2)CC1. The van der Waals surface area contributed by atoms with Gasteiger partial charge in [0.2, 0.25) is 5.95 Å². The van der Waals surface area contributed by atoms with Crippen LogP contribution in [0.15, 0.2) is 35.5 Å². The van der Waals surface area contributed by atoms with Crippen molar-refractivity contribution in [2.45, 2.75) is 79.6 Å². The van der Waals surface area contributed by atoms with E-state index in [0.29, 0.717) is 16.9 Å². The van der Waals surface area contributed by atoms with E-state index >= 15 is 0 Å². The number of halogens is 1. The summed E-state index contributed by atoms with van der Waals surface area (Å²) in [4.78, 5) is 21.7. The van der Waals surface area contributed by atoms with Crippen LogP contribution in [0, 0.1) is 5.82 Å². The fraction of sp³-hybridized carbons (Fsp3) is 0.522. The second-order valence-corrected chi connectivity index (χ2v) is 10.5. The first-order valence-corrected chi connectivity index (χ1v) is 11.9. The maximum Gasteiger partial charge on any atom is 0.407 e. The van der Waals surface area contributed by atoms with Gasteiger partial charge in [-0.1, -0.05) is 0 Å². The summed E-state index contributed by atoms with van der Waals surface area (Å²) in [6, 6.07) is 5.24. The standard InChI is InChI=1S/C23H27FN4O2S/c1-23(8-9-23)28-22(29)30-16-3-2-14(10-16)15-12-25-21(26-13-15)27-20-7-6-18(11-19(20)24)31-17-4-5-17/h6-7,11-14,16-17H,2-5,8-10H2,1H3,(H,28,29)(H,25,26,27). The van der Waals surface area contributed by atoms with Crippen LogP contribution in [0.25, 0.3) is 0 Å². The zero-order valence-electron chi connectivity index (χ0n) is 17.6. The van der Waals surface area contributed by atoms with Gasteiger partial charge < -0.3 is 15.4 Å². The molecule has 3 aliphatic rings. The van der Waals surface area contributed by atoms with Crippen molar-refractivity contribution in [3.8, 4) is 0 Å². The van der Waals surface area contributed by atoms with Gasteiger partial charge in [0.25, 0.3) is 0 Å². The number of amides is 1. The van der Waals surface area contributed by atoms with Crippen molar-refractivity contribution >= 4 is 29.5 Å². The molecule has 6 nitrogen and oxygen atoms in total. The minimum Gasteiger partial charge on any atom is -0.446 e. The van der Waals surface area contributed by atoms with E-state index in [9.17, 15) is 9.18 Å². The molecule has 0 radical (unpaired) electrons. The predicted octanol–water partition coefficient (Wildman–Crippen LogP) is 5.53. The Morgan fingerprint density at radius 3 is 2.65 bits per heavy atom. The van der Waals surface area contributed by atoms with Crippen molar-refractivity contribution < 1.29 is 13.9 Å². The molecule has 3 aliphatic carbocycles. The third-order valence-corrected chi connectivity index (χ3v) is 7.55. The van der Waals surface area contributed by atoms with Gasteiger partial charge in [0, 0.05) is 28.1 Å². The van der Waals surface area contributed by atoms with Crippen molar-refractivity contribution in [3.63, 3.8) is 0 Å². The van der Waals surface area contributed by atoms with Crippen molar-refractivity contribution in [3.05, 3.63) is 42.0 Å². The molecule has 5 rings (SSSR count). The van der Waals surface area contributed by atoms with E-state index in [1.807, 2.05) is 13.0 Å². The molecular formula is C23H27FN4O2S. The molecule has 2 N–H and O–H groups in total. The predicted molar refractivity (Wildman–Crippen MR) is 118 cm³/mol. The topological polar surface area (TPSA) is 76.1 Å². The summed E-state index contributed by atoms with van der Waals surface area (Å²) in [5.74, 6) is 0.333. The Labute approximate surface area is 185 Å². The average Bonchev–Trinajstić information content (AvgIpc) is 3.65. The highest BCUT2D eigenvalue weighted by Gasteiger charge is 2.40. The lowest BCUT2D eigenvalue weighted by molar-refractivity contribution is 0.0967. The largest absolute Gasteiger partial charge is 0.446 e. The molecule has 164 valence electrons. The number of hydrogen-bond donors (Lipinski definition) is 2. The molecule has 2 atom stereocenters. The summed E-state index contributed by atoms with van der Waals surface area (Å²) in [5.41, 5.74) is 1.32. The number of aromatic nitrogens is 2. The Hall–Kier alpha value is -2.35. The Morgan fingerprint density at radius 2 is 1.97 bits per heavy atom. The van der Waals surface area contributed by atoms with Crippen LogP contribution in [-0.2, 0) is 4.74 Å². The van der Waals surface area contributed by atoms with Crippen LogP contribution in [0.3, 0.4) is 0 Å². The number of benzene rings is 1. The summed E-state index contributed by atoms with van der Waals surface area (Å²) in [6.45, 7) is 2.03. The van der Waals surface area contributed by atoms with Crippen LogP contribution < -0.4 is 10.6 Å². The number of nitrogens with zero attached hydrogens (tertiary/aromatic N) is 2. The molecule has 0 aliphatic heterocycles. The lowest BCUT2D eigenvalue weighted by atomic mass is 10.0.